The molecule has 1 aliphatic heterocycles. The van der Waals surface area contributed by atoms with Crippen LogP contribution in [0.2, 0.25) is 0 Å². The summed E-state index contributed by atoms with van der Waals surface area (Å²) in [5.41, 5.74) is -1.27. The summed E-state index contributed by atoms with van der Waals surface area (Å²) in [6.07, 6.45) is 12.3. The predicted octanol–water partition coefficient (Wildman–Crippen LogP) is 3.65. The molecule has 0 aromatic carbocycles. The van der Waals surface area contributed by atoms with Crippen LogP contribution in [-0.2, 0) is 23.9 Å². The molecule has 5 N–H and O–H groups in total. The van der Waals surface area contributed by atoms with Crippen LogP contribution in [0, 0.1) is 46.3 Å². The standard InChI is InChI=1S/C39H62N6O7/c1-9-11-15-26(30(46)33(48)40-20-10-2)42-32(47)29-28-25(38(28,6)7)22-45(29)34(49)31(39(8)18-13-12-14-19-39)44-35(50)43-27(37(3,4)5)23-52-36(51)41-21-24-16-17-24/h1,24-29,31H,10-23H2,2-8H3,(H,40,48)(H,41,51)(H,42,47)(H2,43,44,50)/t25-,26?,27?,28-,29?,31?/m0/s1. The van der Waals surface area contributed by atoms with E-state index in [1.54, 1.807) is 4.90 Å². The fourth-order valence-electron chi connectivity index (χ4n) is 8.00. The zero-order valence-corrected chi connectivity index (χ0v) is 32.3. The molecule has 0 bridgehead atoms. The van der Waals surface area contributed by atoms with Gasteiger partial charge in [-0.1, -0.05) is 67.7 Å². The van der Waals surface area contributed by atoms with Crippen LogP contribution in [-0.4, -0.2) is 90.9 Å². The molecule has 0 radical (unpaired) electrons. The smallest absolute Gasteiger partial charge is 0.407 e. The maximum atomic E-state index is 14.8. The highest BCUT2D eigenvalue weighted by Crippen LogP contribution is 2.65. The van der Waals surface area contributed by atoms with Gasteiger partial charge in [-0.2, -0.15) is 0 Å². The lowest BCUT2D eigenvalue weighted by Gasteiger charge is -2.43. The third kappa shape index (κ3) is 9.98. The molecular formula is C39H62N6O7. The number of rotatable bonds is 16. The predicted molar refractivity (Wildman–Crippen MR) is 197 cm³/mol. The summed E-state index contributed by atoms with van der Waals surface area (Å²) >= 11 is 0. The Kier molecular flexibility index (Phi) is 13.3. The van der Waals surface area contributed by atoms with Crippen molar-refractivity contribution in [3.8, 4) is 12.3 Å². The maximum Gasteiger partial charge on any atom is 0.407 e. The van der Waals surface area contributed by atoms with E-state index >= 15 is 0 Å². The van der Waals surface area contributed by atoms with Crippen molar-refractivity contribution in [2.24, 2.45) is 34.0 Å². The molecule has 4 aliphatic rings. The SMILES string of the molecule is C#CCCC(NC(=O)C1[C@@H]2[C@H](CN1C(=O)C(NC(=O)NC(COC(=O)NCC1CC1)C(C)(C)C)C1(C)CCCCC1)C2(C)C)C(=O)C(=O)NCCC. The molecule has 6 amide bonds. The van der Waals surface area contributed by atoms with Gasteiger partial charge in [0.05, 0.1) is 12.1 Å². The van der Waals surface area contributed by atoms with Crippen molar-refractivity contribution >= 4 is 35.6 Å². The summed E-state index contributed by atoms with van der Waals surface area (Å²) in [4.78, 5) is 82.5. The van der Waals surface area contributed by atoms with Gasteiger partial charge in [-0.3, -0.25) is 19.2 Å². The van der Waals surface area contributed by atoms with Gasteiger partial charge in [0.25, 0.3) is 5.91 Å². The van der Waals surface area contributed by atoms with Gasteiger partial charge in [0.1, 0.15) is 18.7 Å². The molecular weight excluding hydrogens is 664 g/mol. The Morgan fingerprint density at radius 1 is 0.962 bits per heavy atom. The normalized spacial score (nSPS) is 24.5. The summed E-state index contributed by atoms with van der Waals surface area (Å²) in [6, 6.07) is -4.08. The molecule has 0 aromatic rings. The number of nitrogens with zero attached hydrogens (tertiary/aromatic N) is 1. The number of carbonyl (C=O) groups is 6. The van der Waals surface area contributed by atoms with E-state index in [2.05, 4.69) is 46.4 Å². The first kappa shape index (κ1) is 40.9. The number of fused-ring (bicyclic) bond motifs is 1. The van der Waals surface area contributed by atoms with Gasteiger partial charge in [-0.25, -0.2) is 9.59 Å². The Balaban J connectivity index is 1.53. The number of alkyl carbamates (subject to hydrolysis) is 1. The lowest BCUT2D eigenvalue weighted by molar-refractivity contribution is -0.146. The molecule has 13 nitrogen and oxygen atoms in total. The number of urea groups is 1. The first-order valence-corrected chi connectivity index (χ1v) is 19.3. The topological polar surface area (TPSA) is 175 Å². The first-order valence-electron chi connectivity index (χ1n) is 19.3. The minimum absolute atomic E-state index is 0.0495. The van der Waals surface area contributed by atoms with E-state index in [1.165, 1.54) is 0 Å². The number of carbonyl (C=O) groups excluding carboxylic acids is 6. The second-order valence-electron chi connectivity index (χ2n) is 17.4. The van der Waals surface area contributed by atoms with Crippen LogP contribution < -0.4 is 26.6 Å². The monoisotopic (exact) mass is 726 g/mol. The highest BCUT2D eigenvalue weighted by Gasteiger charge is 2.70. The quantitative estimate of drug-likeness (QED) is 0.119. The fourth-order valence-corrected chi connectivity index (χ4v) is 8.00. The molecule has 6 atom stereocenters. The Bertz CT molecular complexity index is 1390. The number of terminal acetylenes is 1. The Labute approximate surface area is 309 Å². The van der Waals surface area contributed by atoms with E-state index in [9.17, 15) is 28.8 Å². The molecule has 290 valence electrons. The second kappa shape index (κ2) is 16.9. The Morgan fingerprint density at radius 3 is 2.23 bits per heavy atom. The lowest BCUT2D eigenvalue weighted by Crippen LogP contribution is -2.63. The van der Waals surface area contributed by atoms with Gasteiger partial charge in [0.2, 0.25) is 17.6 Å². The number of ether oxygens (including phenoxy) is 1. The zero-order chi connectivity index (χ0) is 38.4. The molecule has 0 spiro atoms. The van der Waals surface area contributed by atoms with E-state index in [0.29, 0.717) is 32.0 Å². The molecule has 52 heavy (non-hydrogen) atoms. The number of hydrogen-bond acceptors (Lipinski definition) is 7. The van der Waals surface area contributed by atoms with E-state index in [4.69, 9.17) is 11.2 Å². The van der Waals surface area contributed by atoms with Crippen LogP contribution in [0.1, 0.15) is 113 Å². The largest absolute Gasteiger partial charge is 0.447 e. The van der Waals surface area contributed by atoms with E-state index in [-0.39, 0.29) is 42.6 Å². The molecule has 4 unspecified atom stereocenters. The number of likely N-dealkylation sites (tertiary alicyclic amines) is 1. The summed E-state index contributed by atoms with van der Waals surface area (Å²) in [6.45, 7) is 15.0. The van der Waals surface area contributed by atoms with Crippen LogP contribution in [0.5, 0.6) is 0 Å². The van der Waals surface area contributed by atoms with Crippen molar-refractivity contribution in [1.29, 1.82) is 0 Å². The number of ketones is 1. The number of nitrogens with one attached hydrogen (secondary N) is 5. The molecule has 4 fully saturated rings. The number of Topliss-reactive ketones (excluding diaryl/α,β-unsaturated/α-hetero) is 1. The van der Waals surface area contributed by atoms with Crippen molar-refractivity contribution in [3.63, 3.8) is 0 Å². The van der Waals surface area contributed by atoms with Crippen molar-refractivity contribution in [1.82, 2.24) is 31.5 Å². The minimum atomic E-state index is -1.14. The average molecular weight is 727 g/mol. The molecule has 13 heteroatoms. The summed E-state index contributed by atoms with van der Waals surface area (Å²) in [5, 5.41) is 14.1. The zero-order valence-electron chi connectivity index (χ0n) is 32.3. The third-order valence-electron chi connectivity index (χ3n) is 11.9. The Morgan fingerprint density at radius 2 is 1.63 bits per heavy atom. The van der Waals surface area contributed by atoms with E-state index in [1.807, 2.05) is 34.6 Å². The average Bonchev–Trinajstić information content (AvgIpc) is 3.96. The maximum absolute atomic E-state index is 14.8. The van der Waals surface area contributed by atoms with Crippen molar-refractivity contribution in [2.45, 2.75) is 137 Å². The minimum Gasteiger partial charge on any atom is -0.447 e. The third-order valence-corrected chi connectivity index (χ3v) is 11.9. The van der Waals surface area contributed by atoms with Crippen LogP contribution in [0.4, 0.5) is 9.59 Å². The van der Waals surface area contributed by atoms with Crippen LogP contribution in [0.15, 0.2) is 0 Å². The molecule has 3 aliphatic carbocycles. The summed E-state index contributed by atoms with van der Waals surface area (Å²) < 4.78 is 5.49. The van der Waals surface area contributed by atoms with Crippen molar-refractivity contribution < 1.29 is 33.5 Å². The van der Waals surface area contributed by atoms with Gasteiger partial charge in [0, 0.05) is 26.1 Å². The van der Waals surface area contributed by atoms with Crippen LogP contribution in [0.3, 0.4) is 0 Å². The number of piperidine rings is 1. The first-order chi connectivity index (χ1) is 24.4. The van der Waals surface area contributed by atoms with Gasteiger partial charge in [0.15, 0.2) is 0 Å². The highest BCUT2D eigenvalue weighted by atomic mass is 16.5. The Hall–Kier alpha value is -3.82. The van der Waals surface area contributed by atoms with Crippen LogP contribution in [0.25, 0.3) is 0 Å². The van der Waals surface area contributed by atoms with Crippen molar-refractivity contribution in [2.75, 3.05) is 26.2 Å². The molecule has 1 heterocycles. The lowest BCUT2D eigenvalue weighted by atomic mass is 9.70. The van der Waals surface area contributed by atoms with E-state index in [0.717, 1.165) is 44.9 Å². The molecule has 1 saturated heterocycles. The summed E-state index contributed by atoms with van der Waals surface area (Å²) in [7, 11) is 0. The molecule has 4 rings (SSSR count). The number of amides is 6. The number of hydrogen-bond donors (Lipinski definition) is 5. The van der Waals surface area contributed by atoms with Crippen LogP contribution >= 0.6 is 0 Å². The second-order valence-corrected chi connectivity index (χ2v) is 17.4. The van der Waals surface area contributed by atoms with Gasteiger partial charge >= 0.3 is 12.1 Å². The summed E-state index contributed by atoms with van der Waals surface area (Å²) in [5.74, 6) is 0.465. The molecule has 0 aromatic heterocycles. The molecule has 3 saturated carbocycles. The highest BCUT2D eigenvalue weighted by molar-refractivity contribution is 6.38. The fraction of sp³-hybridized carbons (Fsp3) is 0.795. The van der Waals surface area contributed by atoms with Gasteiger partial charge < -0.3 is 36.2 Å². The van der Waals surface area contributed by atoms with Gasteiger partial charge in [-0.05, 0) is 72.5 Å². The van der Waals surface area contributed by atoms with E-state index < -0.39 is 64.7 Å². The van der Waals surface area contributed by atoms with Gasteiger partial charge in [-0.15, -0.1) is 12.3 Å². The van der Waals surface area contributed by atoms with Crippen molar-refractivity contribution in [3.05, 3.63) is 0 Å².